The average Bonchev–Trinajstić information content (AvgIpc) is 2.65. The molecule has 5 heteroatoms. The molecule has 0 aliphatic heterocycles. The molecule has 2 N–H and O–H groups in total. The van der Waals surface area contributed by atoms with Crippen molar-refractivity contribution in [2.45, 2.75) is 40.2 Å². The zero-order valence-corrected chi connectivity index (χ0v) is 13.2. The van der Waals surface area contributed by atoms with Gasteiger partial charge in [0.1, 0.15) is 10.4 Å². The Morgan fingerprint density at radius 1 is 1.56 bits per heavy atom. The SMILES string of the molecule is CC/C(C)=C/C(=N)c1c(Br)nn(C(C)C)c1NC. The highest BCUT2D eigenvalue weighted by Crippen LogP contribution is 2.28. The molecule has 0 bridgehead atoms. The number of rotatable bonds is 5. The molecule has 1 heterocycles. The fourth-order valence-electron chi connectivity index (χ4n) is 1.68. The van der Waals surface area contributed by atoms with Gasteiger partial charge in [-0.25, -0.2) is 4.68 Å². The third kappa shape index (κ3) is 3.02. The van der Waals surface area contributed by atoms with Gasteiger partial charge in [-0.2, -0.15) is 5.10 Å². The van der Waals surface area contributed by atoms with Gasteiger partial charge in [0, 0.05) is 13.1 Å². The molecule has 0 fully saturated rings. The van der Waals surface area contributed by atoms with Crippen molar-refractivity contribution < 1.29 is 0 Å². The fraction of sp³-hybridized carbons (Fsp3) is 0.538. The van der Waals surface area contributed by atoms with Crippen molar-refractivity contribution in [2.75, 3.05) is 12.4 Å². The summed E-state index contributed by atoms with van der Waals surface area (Å²) in [6.45, 7) is 8.26. The van der Waals surface area contributed by atoms with Gasteiger partial charge in [-0.3, -0.25) is 0 Å². The van der Waals surface area contributed by atoms with E-state index >= 15 is 0 Å². The van der Waals surface area contributed by atoms with Crippen LogP contribution in [0.25, 0.3) is 0 Å². The third-order valence-electron chi connectivity index (χ3n) is 2.81. The molecular formula is C13H21BrN4. The highest BCUT2D eigenvalue weighted by atomic mass is 79.9. The van der Waals surface area contributed by atoms with E-state index in [9.17, 15) is 0 Å². The highest BCUT2D eigenvalue weighted by Gasteiger charge is 2.19. The van der Waals surface area contributed by atoms with Crippen molar-refractivity contribution in [1.82, 2.24) is 9.78 Å². The molecule has 1 rings (SSSR count). The first-order valence-corrected chi connectivity index (χ1v) is 6.93. The Kier molecular flexibility index (Phi) is 5.14. The van der Waals surface area contributed by atoms with E-state index in [0.717, 1.165) is 17.8 Å². The van der Waals surface area contributed by atoms with Crippen LogP contribution in [0.1, 0.15) is 45.7 Å². The monoisotopic (exact) mass is 312 g/mol. The van der Waals surface area contributed by atoms with Gasteiger partial charge < -0.3 is 10.7 Å². The molecule has 0 amide bonds. The number of hydrogen-bond donors (Lipinski definition) is 2. The summed E-state index contributed by atoms with van der Waals surface area (Å²) in [4.78, 5) is 0. The van der Waals surface area contributed by atoms with Crippen molar-refractivity contribution in [2.24, 2.45) is 0 Å². The normalized spacial score (nSPS) is 12.1. The van der Waals surface area contributed by atoms with E-state index in [1.165, 1.54) is 5.57 Å². The molecule has 0 aliphatic rings. The third-order valence-corrected chi connectivity index (χ3v) is 3.37. The Balaban J connectivity index is 3.28. The van der Waals surface area contributed by atoms with E-state index in [0.29, 0.717) is 10.3 Å². The Morgan fingerprint density at radius 3 is 2.61 bits per heavy atom. The second kappa shape index (κ2) is 6.18. The molecule has 18 heavy (non-hydrogen) atoms. The number of anilines is 1. The number of nitrogens with zero attached hydrogens (tertiary/aromatic N) is 2. The lowest BCUT2D eigenvalue weighted by molar-refractivity contribution is 0.536. The summed E-state index contributed by atoms with van der Waals surface area (Å²) in [5.74, 6) is 0.877. The Morgan fingerprint density at radius 2 is 2.17 bits per heavy atom. The van der Waals surface area contributed by atoms with Crippen molar-refractivity contribution in [3.8, 4) is 0 Å². The first kappa shape index (κ1) is 15.0. The van der Waals surface area contributed by atoms with Crippen molar-refractivity contribution in [1.29, 1.82) is 5.41 Å². The van der Waals surface area contributed by atoms with Crippen LogP contribution in [0.3, 0.4) is 0 Å². The molecule has 1 aromatic rings. The summed E-state index contributed by atoms with van der Waals surface area (Å²) in [6, 6.07) is 0.251. The topological polar surface area (TPSA) is 53.7 Å². The minimum atomic E-state index is 0.251. The molecule has 0 aromatic carbocycles. The molecule has 0 unspecified atom stereocenters. The number of hydrogen-bond acceptors (Lipinski definition) is 3. The van der Waals surface area contributed by atoms with Gasteiger partial charge in [0.05, 0.1) is 11.3 Å². The fourth-order valence-corrected chi connectivity index (χ4v) is 2.25. The average molecular weight is 313 g/mol. The quantitative estimate of drug-likeness (QED) is 0.808. The van der Waals surface area contributed by atoms with Gasteiger partial charge in [-0.05, 0) is 49.2 Å². The van der Waals surface area contributed by atoms with E-state index in [1.807, 2.05) is 24.7 Å². The summed E-state index contributed by atoms with van der Waals surface area (Å²) in [5, 5.41) is 15.8. The van der Waals surface area contributed by atoms with Crippen LogP contribution >= 0.6 is 15.9 Å². The largest absolute Gasteiger partial charge is 0.373 e. The molecule has 0 atom stereocenters. The molecule has 1 aromatic heterocycles. The van der Waals surface area contributed by atoms with Gasteiger partial charge in [-0.15, -0.1) is 0 Å². The van der Waals surface area contributed by atoms with Crippen LogP contribution in [0.4, 0.5) is 5.82 Å². The molecule has 0 saturated carbocycles. The summed E-state index contributed by atoms with van der Waals surface area (Å²) >= 11 is 3.45. The van der Waals surface area contributed by atoms with E-state index < -0.39 is 0 Å². The summed E-state index contributed by atoms with van der Waals surface area (Å²) in [5.41, 5.74) is 2.49. The van der Waals surface area contributed by atoms with Gasteiger partial charge in [0.25, 0.3) is 0 Å². The molecule has 4 nitrogen and oxygen atoms in total. The van der Waals surface area contributed by atoms with Gasteiger partial charge in [0.2, 0.25) is 0 Å². The summed E-state index contributed by atoms with van der Waals surface area (Å²) in [7, 11) is 1.86. The zero-order valence-electron chi connectivity index (χ0n) is 11.6. The molecular weight excluding hydrogens is 292 g/mol. The lowest BCUT2D eigenvalue weighted by Gasteiger charge is -2.11. The van der Waals surface area contributed by atoms with Gasteiger partial charge in [0.15, 0.2) is 0 Å². The standard InChI is InChI=1S/C13H21BrN4/c1-6-9(4)7-10(15)11-12(14)17-18(8(2)3)13(11)16-5/h7-8,15-16H,6H2,1-5H3/b9-7+,15-10?. The zero-order chi connectivity index (χ0) is 13.9. The lowest BCUT2D eigenvalue weighted by Crippen LogP contribution is -2.09. The van der Waals surface area contributed by atoms with E-state index in [1.54, 1.807) is 0 Å². The number of aromatic nitrogens is 2. The maximum Gasteiger partial charge on any atom is 0.139 e. The van der Waals surface area contributed by atoms with Crippen molar-refractivity contribution in [3.63, 3.8) is 0 Å². The summed E-state index contributed by atoms with van der Waals surface area (Å²) < 4.78 is 2.61. The Labute approximate surface area is 117 Å². The molecule has 0 radical (unpaired) electrons. The molecule has 100 valence electrons. The lowest BCUT2D eigenvalue weighted by atomic mass is 10.1. The van der Waals surface area contributed by atoms with E-state index in [-0.39, 0.29) is 6.04 Å². The summed E-state index contributed by atoms with van der Waals surface area (Å²) in [6.07, 6.45) is 2.85. The first-order valence-electron chi connectivity index (χ1n) is 6.14. The minimum Gasteiger partial charge on any atom is -0.373 e. The number of halogens is 1. The van der Waals surface area contributed by atoms with Crippen LogP contribution in [0, 0.1) is 5.41 Å². The smallest absolute Gasteiger partial charge is 0.139 e. The van der Waals surface area contributed by atoms with Crippen LogP contribution < -0.4 is 5.32 Å². The maximum absolute atomic E-state index is 8.20. The highest BCUT2D eigenvalue weighted by molar-refractivity contribution is 9.10. The van der Waals surface area contributed by atoms with E-state index in [2.05, 4.69) is 47.1 Å². The van der Waals surface area contributed by atoms with Crippen LogP contribution in [0.2, 0.25) is 0 Å². The van der Waals surface area contributed by atoms with Crippen molar-refractivity contribution in [3.05, 3.63) is 21.8 Å². The van der Waals surface area contributed by atoms with Gasteiger partial charge in [-0.1, -0.05) is 12.5 Å². The van der Waals surface area contributed by atoms with Crippen LogP contribution in [-0.2, 0) is 0 Å². The predicted octanol–water partition coefficient (Wildman–Crippen LogP) is 3.99. The second-order valence-corrected chi connectivity index (χ2v) is 5.31. The Bertz CT molecular complexity index is 472. The van der Waals surface area contributed by atoms with Gasteiger partial charge >= 0.3 is 0 Å². The van der Waals surface area contributed by atoms with Crippen LogP contribution in [-0.4, -0.2) is 22.5 Å². The second-order valence-electron chi connectivity index (χ2n) is 4.56. The van der Waals surface area contributed by atoms with Crippen molar-refractivity contribution >= 4 is 27.5 Å². The van der Waals surface area contributed by atoms with Crippen LogP contribution in [0.15, 0.2) is 16.3 Å². The predicted molar refractivity (Wildman–Crippen MR) is 80.7 cm³/mol. The number of nitrogens with one attached hydrogen (secondary N) is 2. The Hall–Kier alpha value is -1.10. The van der Waals surface area contributed by atoms with E-state index in [4.69, 9.17) is 5.41 Å². The molecule has 0 saturated heterocycles. The molecule has 0 spiro atoms. The van der Waals surface area contributed by atoms with Crippen LogP contribution in [0.5, 0.6) is 0 Å². The first-order chi connectivity index (χ1) is 8.42. The maximum atomic E-state index is 8.20. The molecule has 0 aliphatic carbocycles. The number of allylic oxidation sites excluding steroid dienone is 2. The minimum absolute atomic E-state index is 0.251.